The number of pyridine rings is 1. The van der Waals surface area contributed by atoms with E-state index in [9.17, 15) is 9.59 Å². The third-order valence-electron chi connectivity index (χ3n) is 6.98. The lowest BCUT2D eigenvalue weighted by Gasteiger charge is -2.50. The van der Waals surface area contributed by atoms with E-state index in [0.717, 1.165) is 29.6 Å². The van der Waals surface area contributed by atoms with Gasteiger partial charge in [-0.1, -0.05) is 42.5 Å². The summed E-state index contributed by atoms with van der Waals surface area (Å²) in [6.07, 6.45) is 2.43. The van der Waals surface area contributed by atoms with Gasteiger partial charge in [-0.25, -0.2) is 0 Å². The monoisotopic (exact) mass is 412 g/mol. The molecular weight excluding hydrogens is 388 g/mol. The Labute approximate surface area is 181 Å². The number of hydrogen-bond donors (Lipinski definition) is 0. The molecule has 6 nitrogen and oxygen atoms in total. The number of fused-ring (bicyclic) bond motifs is 4. The van der Waals surface area contributed by atoms with Gasteiger partial charge in [0, 0.05) is 50.7 Å². The Bertz CT molecular complexity index is 1190. The maximum absolute atomic E-state index is 13.5. The highest BCUT2D eigenvalue weighted by atomic mass is 16.2. The van der Waals surface area contributed by atoms with E-state index in [1.165, 1.54) is 11.1 Å². The van der Waals surface area contributed by atoms with Crippen LogP contribution in [0.4, 0.5) is 0 Å². The summed E-state index contributed by atoms with van der Waals surface area (Å²) in [6.45, 7) is 3.23. The molecule has 1 aromatic heterocycles. The molecule has 0 saturated carbocycles. The molecule has 4 heterocycles. The molecule has 0 aliphatic carbocycles. The number of piperazine rings is 2. The fourth-order valence-corrected chi connectivity index (χ4v) is 5.36. The Morgan fingerprint density at radius 2 is 1.68 bits per heavy atom. The number of hydrogen-bond acceptors (Lipinski definition) is 4. The van der Waals surface area contributed by atoms with Gasteiger partial charge in [0.2, 0.25) is 11.8 Å². The van der Waals surface area contributed by atoms with Crippen LogP contribution < -0.4 is 0 Å². The zero-order valence-corrected chi connectivity index (χ0v) is 17.3. The molecule has 2 atom stereocenters. The van der Waals surface area contributed by atoms with Crippen LogP contribution in [0.3, 0.4) is 0 Å². The van der Waals surface area contributed by atoms with Crippen LogP contribution in [0.5, 0.6) is 0 Å². The summed E-state index contributed by atoms with van der Waals surface area (Å²) in [4.78, 5) is 37.1. The molecule has 0 spiro atoms. The molecule has 6 rings (SSSR count). The molecule has 0 bridgehead atoms. The average Bonchev–Trinajstić information content (AvgIpc) is 2.82. The van der Waals surface area contributed by atoms with Crippen LogP contribution in [-0.4, -0.2) is 63.2 Å². The van der Waals surface area contributed by atoms with Crippen LogP contribution in [0.1, 0.15) is 16.7 Å². The first-order valence-electron chi connectivity index (χ1n) is 10.9. The van der Waals surface area contributed by atoms with Crippen LogP contribution >= 0.6 is 0 Å². The highest BCUT2D eigenvalue weighted by molar-refractivity contribution is 5.98. The van der Waals surface area contributed by atoms with Crippen LogP contribution in [0.2, 0.25) is 0 Å². The van der Waals surface area contributed by atoms with Crippen molar-refractivity contribution >= 4 is 22.7 Å². The number of carbonyl (C=O) groups excluding carboxylic acids is 2. The minimum atomic E-state index is -0.393. The quantitative estimate of drug-likeness (QED) is 0.648. The first kappa shape index (κ1) is 18.5. The summed E-state index contributed by atoms with van der Waals surface area (Å²) in [5.41, 5.74) is 4.53. The second kappa shape index (κ2) is 7.17. The van der Waals surface area contributed by atoms with Crippen molar-refractivity contribution in [3.63, 3.8) is 0 Å². The second-order valence-corrected chi connectivity index (χ2v) is 8.72. The molecule has 0 N–H and O–H groups in total. The Morgan fingerprint density at radius 3 is 2.58 bits per heavy atom. The minimum Gasteiger partial charge on any atom is -0.326 e. The zero-order chi connectivity index (χ0) is 20.9. The Balaban J connectivity index is 1.25. The van der Waals surface area contributed by atoms with E-state index in [2.05, 4.69) is 34.1 Å². The van der Waals surface area contributed by atoms with Crippen molar-refractivity contribution in [3.05, 3.63) is 77.5 Å². The van der Waals surface area contributed by atoms with E-state index < -0.39 is 6.04 Å². The third kappa shape index (κ3) is 3.01. The Hall–Kier alpha value is -3.25. The van der Waals surface area contributed by atoms with Gasteiger partial charge >= 0.3 is 0 Å². The van der Waals surface area contributed by atoms with Crippen LogP contribution in [-0.2, 0) is 29.1 Å². The SMILES string of the molecule is O=C1C2Cc3ccccc3CN2C(=O)C2CN(Cc3cccc4ncccc34)CCN12. The standard InChI is InChI=1S/C25H24N4O2/c30-24-22-13-17-5-1-2-6-18(17)15-29(22)25(31)23-16-27(11-12-28(23)24)14-19-7-3-9-21-20(19)8-4-10-26-21/h1-10,22-23H,11-16H2. The number of rotatable bonds is 2. The highest BCUT2D eigenvalue weighted by Gasteiger charge is 2.49. The number of nitrogens with zero attached hydrogens (tertiary/aromatic N) is 4. The molecule has 3 aliphatic rings. The van der Waals surface area contributed by atoms with Gasteiger partial charge in [-0.2, -0.15) is 0 Å². The van der Waals surface area contributed by atoms with E-state index in [4.69, 9.17) is 0 Å². The maximum atomic E-state index is 13.5. The predicted octanol–water partition coefficient (Wildman–Crippen LogP) is 2.21. The topological polar surface area (TPSA) is 56.8 Å². The number of benzene rings is 2. The smallest absolute Gasteiger partial charge is 0.247 e. The number of aromatic nitrogens is 1. The van der Waals surface area contributed by atoms with Crippen molar-refractivity contribution in [2.24, 2.45) is 0 Å². The molecule has 2 unspecified atom stereocenters. The molecular formula is C25H24N4O2. The number of carbonyl (C=O) groups is 2. The molecule has 6 heteroatoms. The van der Waals surface area contributed by atoms with Crippen LogP contribution in [0, 0.1) is 0 Å². The van der Waals surface area contributed by atoms with Gasteiger partial charge in [0.05, 0.1) is 5.52 Å². The first-order valence-corrected chi connectivity index (χ1v) is 10.9. The zero-order valence-electron chi connectivity index (χ0n) is 17.3. The normalized spacial score (nSPS) is 23.5. The summed E-state index contributed by atoms with van der Waals surface area (Å²) >= 11 is 0. The number of amides is 2. The summed E-state index contributed by atoms with van der Waals surface area (Å²) < 4.78 is 0. The molecule has 2 fully saturated rings. The van der Waals surface area contributed by atoms with E-state index >= 15 is 0 Å². The van der Waals surface area contributed by atoms with Gasteiger partial charge in [0.1, 0.15) is 12.1 Å². The van der Waals surface area contributed by atoms with E-state index in [1.807, 2.05) is 46.3 Å². The fourth-order valence-electron chi connectivity index (χ4n) is 5.36. The lowest BCUT2D eigenvalue weighted by molar-refractivity contribution is -0.167. The van der Waals surface area contributed by atoms with Gasteiger partial charge in [-0.3, -0.25) is 19.5 Å². The average molecular weight is 412 g/mol. The van der Waals surface area contributed by atoms with E-state index in [0.29, 0.717) is 26.1 Å². The lowest BCUT2D eigenvalue weighted by atomic mass is 9.89. The molecule has 2 aromatic carbocycles. The molecule has 3 aromatic rings. The summed E-state index contributed by atoms with van der Waals surface area (Å²) in [7, 11) is 0. The molecule has 0 radical (unpaired) electrons. The van der Waals surface area contributed by atoms with Crippen molar-refractivity contribution in [2.45, 2.75) is 31.6 Å². The third-order valence-corrected chi connectivity index (χ3v) is 6.98. The van der Waals surface area contributed by atoms with E-state index in [-0.39, 0.29) is 17.9 Å². The molecule has 31 heavy (non-hydrogen) atoms. The van der Waals surface area contributed by atoms with Crippen LogP contribution in [0.25, 0.3) is 10.9 Å². The van der Waals surface area contributed by atoms with E-state index in [1.54, 1.807) is 0 Å². The Morgan fingerprint density at radius 1 is 0.839 bits per heavy atom. The largest absolute Gasteiger partial charge is 0.326 e. The van der Waals surface area contributed by atoms with Crippen molar-refractivity contribution in [3.8, 4) is 0 Å². The summed E-state index contributed by atoms with van der Waals surface area (Å²) in [6, 6.07) is 17.6. The van der Waals surface area contributed by atoms with Crippen molar-refractivity contribution in [1.82, 2.24) is 19.7 Å². The minimum absolute atomic E-state index is 0.0865. The van der Waals surface area contributed by atoms with Crippen molar-refractivity contribution < 1.29 is 9.59 Å². The van der Waals surface area contributed by atoms with Gasteiger partial charge in [-0.15, -0.1) is 0 Å². The maximum Gasteiger partial charge on any atom is 0.247 e. The summed E-state index contributed by atoms with van der Waals surface area (Å²) in [5, 5.41) is 1.14. The van der Waals surface area contributed by atoms with Crippen molar-refractivity contribution in [1.29, 1.82) is 0 Å². The van der Waals surface area contributed by atoms with Gasteiger partial charge in [0.25, 0.3) is 0 Å². The Kier molecular flexibility index (Phi) is 4.28. The van der Waals surface area contributed by atoms with Gasteiger partial charge in [-0.05, 0) is 28.8 Å². The fraction of sp³-hybridized carbons (Fsp3) is 0.320. The van der Waals surface area contributed by atoms with Gasteiger partial charge < -0.3 is 9.80 Å². The first-order chi connectivity index (χ1) is 15.2. The van der Waals surface area contributed by atoms with Gasteiger partial charge in [0.15, 0.2) is 0 Å². The second-order valence-electron chi connectivity index (χ2n) is 8.72. The summed E-state index contributed by atoms with van der Waals surface area (Å²) in [5.74, 6) is 0.191. The molecule has 3 aliphatic heterocycles. The predicted molar refractivity (Wildman–Crippen MR) is 117 cm³/mol. The molecule has 2 saturated heterocycles. The lowest BCUT2D eigenvalue weighted by Crippen LogP contribution is -2.70. The van der Waals surface area contributed by atoms with Crippen LogP contribution in [0.15, 0.2) is 60.8 Å². The highest BCUT2D eigenvalue weighted by Crippen LogP contribution is 2.31. The van der Waals surface area contributed by atoms with Crippen molar-refractivity contribution in [2.75, 3.05) is 19.6 Å². The molecule has 2 amide bonds. The molecule has 156 valence electrons.